The van der Waals surface area contributed by atoms with E-state index in [2.05, 4.69) is 10.5 Å². The fourth-order valence-corrected chi connectivity index (χ4v) is 2.75. The summed E-state index contributed by atoms with van der Waals surface area (Å²) in [4.78, 5) is 24.0. The summed E-state index contributed by atoms with van der Waals surface area (Å²) in [5.41, 5.74) is 4.94. The number of rotatable bonds is 9. The average Bonchev–Trinajstić information content (AvgIpc) is 2.82. The molecule has 1 N–H and O–H groups in total. The van der Waals surface area contributed by atoms with Crippen LogP contribution in [0.15, 0.2) is 84.0 Å². The number of ether oxygens (including phenoxy) is 3. The van der Waals surface area contributed by atoms with Gasteiger partial charge in [-0.1, -0.05) is 36.4 Å². The maximum atomic E-state index is 12.1. The molecule has 1 amide bonds. The monoisotopic (exact) mass is 444 g/mol. The fourth-order valence-electron chi connectivity index (χ4n) is 2.75. The molecule has 0 heterocycles. The van der Waals surface area contributed by atoms with E-state index in [4.69, 9.17) is 14.2 Å². The molecule has 0 atom stereocenters. The minimum atomic E-state index is -0.512. The number of hydrazone groups is 1. The Morgan fingerprint density at radius 2 is 1.67 bits per heavy atom. The van der Waals surface area contributed by atoms with Gasteiger partial charge in [0, 0.05) is 6.08 Å². The van der Waals surface area contributed by atoms with Gasteiger partial charge >= 0.3 is 5.97 Å². The quantitative estimate of drug-likeness (QED) is 0.176. The van der Waals surface area contributed by atoms with Crippen LogP contribution in [0.25, 0.3) is 6.08 Å². The van der Waals surface area contributed by atoms with Crippen molar-refractivity contribution >= 4 is 24.2 Å². The van der Waals surface area contributed by atoms with Crippen molar-refractivity contribution in [3.05, 3.63) is 95.6 Å². The lowest BCUT2D eigenvalue weighted by atomic mass is 10.2. The third-order valence-electron chi connectivity index (χ3n) is 4.37. The molecule has 0 bridgehead atoms. The van der Waals surface area contributed by atoms with Crippen molar-refractivity contribution in [2.45, 2.75) is 6.92 Å². The third kappa shape index (κ3) is 7.99. The van der Waals surface area contributed by atoms with Gasteiger partial charge in [0.25, 0.3) is 5.91 Å². The number of nitrogens with zero attached hydrogens (tertiary/aromatic N) is 1. The van der Waals surface area contributed by atoms with Gasteiger partial charge in [-0.15, -0.1) is 0 Å². The van der Waals surface area contributed by atoms with E-state index in [0.29, 0.717) is 17.1 Å². The number of carbonyl (C=O) groups is 2. The highest BCUT2D eigenvalue weighted by Gasteiger charge is 2.03. The van der Waals surface area contributed by atoms with Crippen LogP contribution in [-0.2, 0) is 9.59 Å². The second-order valence-corrected chi connectivity index (χ2v) is 7.00. The van der Waals surface area contributed by atoms with Crippen LogP contribution in [0.5, 0.6) is 17.2 Å². The normalized spacial score (nSPS) is 10.8. The highest BCUT2D eigenvalue weighted by molar-refractivity contribution is 5.89. The molecule has 7 heteroatoms. The van der Waals surface area contributed by atoms with E-state index in [1.54, 1.807) is 55.7 Å². The Bertz CT molecular complexity index is 1150. The SMILES string of the molecule is COc1ccc(C=CC(=O)Oc2cccc(C=NNC(=O)COc3cccc(C)c3)c2)cc1. The number of esters is 1. The predicted octanol–water partition coefficient (Wildman–Crippen LogP) is 4.15. The first-order chi connectivity index (χ1) is 16.0. The van der Waals surface area contributed by atoms with Crippen LogP contribution in [-0.4, -0.2) is 31.8 Å². The molecule has 7 nitrogen and oxygen atoms in total. The summed E-state index contributed by atoms with van der Waals surface area (Å²) in [5.74, 6) is 0.811. The highest BCUT2D eigenvalue weighted by atomic mass is 16.5. The molecule has 0 fully saturated rings. The van der Waals surface area contributed by atoms with Crippen molar-refractivity contribution < 1.29 is 23.8 Å². The lowest BCUT2D eigenvalue weighted by Gasteiger charge is -2.05. The summed E-state index contributed by atoms with van der Waals surface area (Å²) in [6.45, 7) is 1.79. The van der Waals surface area contributed by atoms with Crippen LogP contribution in [0.1, 0.15) is 16.7 Å². The Hall–Kier alpha value is -4.39. The summed E-state index contributed by atoms with van der Waals surface area (Å²) in [6.07, 6.45) is 4.45. The van der Waals surface area contributed by atoms with E-state index in [1.807, 2.05) is 37.3 Å². The summed E-state index contributed by atoms with van der Waals surface area (Å²) < 4.78 is 15.9. The predicted molar refractivity (Wildman–Crippen MR) is 127 cm³/mol. The van der Waals surface area contributed by atoms with Gasteiger partial charge in [0.15, 0.2) is 6.61 Å². The Morgan fingerprint density at radius 3 is 2.42 bits per heavy atom. The van der Waals surface area contributed by atoms with Gasteiger partial charge < -0.3 is 14.2 Å². The first-order valence-electron chi connectivity index (χ1n) is 10.2. The van der Waals surface area contributed by atoms with Crippen LogP contribution in [0, 0.1) is 6.92 Å². The molecule has 0 aliphatic carbocycles. The van der Waals surface area contributed by atoms with Gasteiger partial charge in [-0.2, -0.15) is 5.10 Å². The molecular weight excluding hydrogens is 420 g/mol. The minimum Gasteiger partial charge on any atom is -0.497 e. The molecule has 3 aromatic rings. The standard InChI is InChI=1S/C26H24N2O5/c1-19-5-3-7-23(15-19)32-18-25(29)28-27-17-21-6-4-8-24(16-21)33-26(30)14-11-20-9-12-22(31-2)13-10-20/h3-17H,18H2,1-2H3,(H,28,29). The minimum absolute atomic E-state index is 0.154. The lowest BCUT2D eigenvalue weighted by molar-refractivity contribution is -0.129. The van der Waals surface area contributed by atoms with Crippen molar-refractivity contribution in [2.24, 2.45) is 5.10 Å². The molecule has 0 aromatic heterocycles. The van der Waals surface area contributed by atoms with Gasteiger partial charge in [0.1, 0.15) is 17.2 Å². The van der Waals surface area contributed by atoms with Crippen LogP contribution < -0.4 is 19.6 Å². The maximum Gasteiger partial charge on any atom is 0.336 e. The number of carbonyl (C=O) groups excluding carboxylic acids is 2. The highest BCUT2D eigenvalue weighted by Crippen LogP contribution is 2.15. The van der Waals surface area contributed by atoms with E-state index in [0.717, 1.165) is 16.9 Å². The maximum absolute atomic E-state index is 12.1. The number of hydrogen-bond acceptors (Lipinski definition) is 6. The molecular formula is C26H24N2O5. The topological polar surface area (TPSA) is 86.2 Å². The van der Waals surface area contributed by atoms with Crippen LogP contribution >= 0.6 is 0 Å². The molecule has 0 saturated carbocycles. The Morgan fingerprint density at radius 1 is 0.909 bits per heavy atom. The van der Waals surface area contributed by atoms with E-state index in [1.165, 1.54) is 12.3 Å². The number of benzene rings is 3. The first-order valence-corrected chi connectivity index (χ1v) is 10.2. The van der Waals surface area contributed by atoms with Gasteiger partial charge in [-0.3, -0.25) is 4.79 Å². The van der Waals surface area contributed by atoms with E-state index >= 15 is 0 Å². The molecule has 0 unspecified atom stereocenters. The average molecular weight is 444 g/mol. The summed E-state index contributed by atoms with van der Waals surface area (Å²) in [5, 5.41) is 3.91. The van der Waals surface area contributed by atoms with Crippen molar-refractivity contribution in [1.29, 1.82) is 0 Å². The Labute approximate surface area is 192 Å². The van der Waals surface area contributed by atoms with E-state index in [-0.39, 0.29) is 12.5 Å². The molecule has 33 heavy (non-hydrogen) atoms. The zero-order valence-electron chi connectivity index (χ0n) is 18.4. The second kappa shape index (κ2) is 11.9. The lowest BCUT2D eigenvalue weighted by Crippen LogP contribution is -2.24. The molecule has 0 aliphatic heterocycles. The second-order valence-electron chi connectivity index (χ2n) is 7.00. The van der Waals surface area contributed by atoms with Crippen molar-refractivity contribution in [2.75, 3.05) is 13.7 Å². The smallest absolute Gasteiger partial charge is 0.336 e. The molecule has 168 valence electrons. The Kier molecular flexibility index (Phi) is 8.36. The third-order valence-corrected chi connectivity index (χ3v) is 4.37. The number of aryl methyl sites for hydroxylation is 1. The molecule has 0 spiro atoms. The van der Waals surface area contributed by atoms with Crippen molar-refractivity contribution in [3.63, 3.8) is 0 Å². The number of methoxy groups -OCH3 is 1. The van der Waals surface area contributed by atoms with Crippen LogP contribution in [0.4, 0.5) is 0 Å². The summed E-state index contributed by atoms with van der Waals surface area (Å²) >= 11 is 0. The molecule has 0 radical (unpaired) electrons. The number of amides is 1. The van der Waals surface area contributed by atoms with Gasteiger partial charge in [-0.05, 0) is 66.1 Å². The molecule has 0 aliphatic rings. The first kappa shape index (κ1) is 23.3. The zero-order chi connectivity index (χ0) is 23.5. The summed E-state index contributed by atoms with van der Waals surface area (Å²) in [7, 11) is 1.59. The van der Waals surface area contributed by atoms with E-state index < -0.39 is 5.97 Å². The number of hydrogen-bond donors (Lipinski definition) is 1. The fraction of sp³-hybridized carbons (Fsp3) is 0.115. The largest absolute Gasteiger partial charge is 0.497 e. The van der Waals surface area contributed by atoms with Crippen molar-refractivity contribution in [1.82, 2.24) is 5.43 Å². The van der Waals surface area contributed by atoms with Gasteiger partial charge in [-0.25, -0.2) is 10.2 Å². The number of nitrogens with one attached hydrogen (secondary N) is 1. The van der Waals surface area contributed by atoms with Gasteiger partial charge in [0.2, 0.25) is 0 Å². The van der Waals surface area contributed by atoms with Crippen molar-refractivity contribution in [3.8, 4) is 17.2 Å². The molecule has 3 aromatic carbocycles. The summed E-state index contributed by atoms with van der Waals surface area (Å²) in [6, 6.07) is 21.5. The zero-order valence-corrected chi connectivity index (χ0v) is 18.4. The molecule has 3 rings (SSSR count). The Balaban J connectivity index is 1.48. The van der Waals surface area contributed by atoms with Crippen LogP contribution in [0.2, 0.25) is 0 Å². The van der Waals surface area contributed by atoms with Gasteiger partial charge in [0.05, 0.1) is 13.3 Å². The molecule has 0 saturated heterocycles. The van der Waals surface area contributed by atoms with E-state index in [9.17, 15) is 9.59 Å². The van der Waals surface area contributed by atoms with Crippen LogP contribution in [0.3, 0.4) is 0 Å².